The van der Waals surface area contributed by atoms with E-state index in [0.29, 0.717) is 12.0 Å². The third kappa shape index (κ3) is 7.22. The zero-order valence-electron chi connectivity index (χ0n) is 13.7. The van der Waals surface area contributed by atoms with Gasteiger partial charge in [-0.3, -0.25) is 9.59 Å². The number of allylic oxidation sites excluding steroid dienone is 2. The van der Waals surface area contributed by atoms with Crippen LogP contribution in [0.2, 0.25) is 0 Å². The maximum Gasteiger partial charge on any atom is 0.184 e. The van der Waals surface area contributed by atoms with Crippen LogP contribution in [0.1, 0.15) is 11.1 Å². The summed E-state index contributed by atoms with van der Waals surface area (Å²) < 4.78 is 9.78. The SMILES string of the molecule is COC(C=O)=Cc1ccccc1.COc1ccc(/C=C/C=O)cc1. The van der Waals surface area contributed by atoms with Crippen LogP contribution in [0.15, 0.2) is 66.4 Å². The Hall–Kier alpha value is -3.14. The van der Waals surface area contributed by atoms with E-state index in [2.05, 4.69) is 0 Å². The van der Waals surface area contributed by atoms with E-state index in [0.717, 1.165) is 23.2 Å². The number of hydrogen-bond donors (Lipinski definition) is 0. The average molecular weight is 324 g/mol. The molecule has 0 radical (unpaired) electrons. The molecule has 0 aliphatic rings. The Morgan fingerprint density at radius 3 is 2.04 bits per heavy atom. The highest BCUT2D eigenvalue weighted by Crippen LogP contribution is 2.11. The Morgan fingerprint density at radius 2 is 1.54 bits per heavy atom. The number of carbonyl (C=O) groups is 2. The normalized spacial score (nSPS) is 10.5. The molecular formula is C20H20O4. The van der Waals surface area contributed by atoms with E-state index in [1.165, 1.54) is 13.2 Å². The lowest BCUT2D eigenvalue weighted by molar-refractivity contribution is -0.107. The Labute approximate surface area is 142 Å². The predicted molar refractivity (Wildman–Crippen MR) is 95.6 cm³/mol. The monoisotopic (exact) mass is 324 g/mol. The molecule has 0 saturated carbocycles. The van der Waals surface area contributed by atoms with Crippen molar-refractivity contribution in [1.29, 1.82) is 0 Å². The molecule has 124 valence electrons. The lowest BCUT2D eigenvalue weighted by Crippen LogP contribution is -1.86. The number of benzene rings is 2. The van der Waals surface area contributed by atoms with Gasteiger partial charge in [-0.2, -0.15) is 0 Å². The van der Waals surface area contributed by atoms with Gasteiger partial charge in [0.1, 0.15) is 12.0 Å². The summed E-state index contributed by atoms with van der Waals surface area (Å²) in [6, 6.07) is 17.0. The van der Waals surface area contributed by atoms with Crippen LogP contribution in [0.3, 0.4) is 0 Å². The van der Waals surface area contributed by atoms with E-state index in [1.54, 1.807) is 19.3 Å². The highest BCUT2D eigenvalue weighted by Gasteiger charge is 1.92. The second-order valence-electron chi connectivity index (χ2n) is 4.55. The van der Waals surface area contributed by atoms with Crippen molar-refractivity contribution in [2.75, 3.05) is 14.2 Å². The van der Waals surface area contributed by atoms with Crippen molar-refractivity contribution in [2.45, 2.75) is 0 Å². The summed E-state index contributed by atoms with van der Waals surface area (Å²) in [7, 11) is 3.10. The van der Waals surface area contributed by atoms with Gasteiger partial charge in [0, 0.05) is 0 Å². The summed E-state index contributed by atoms with van der Waals surface area (Å²) in [4.78, 5) is 20.3. The summed E-state index contributed by atoms with van der Waals surface area (Å²) in [5, 5.41) is 0. The molecule has 0 aromatic heterocycles. The van der Waals surface area contributed by atoms with Crippen molar-refractivity contribution in [3.63, 3.8) is 0 Å². The lowest BCUT2D eigenvalue weighted by atomic mass is 10.2. The summed E-state index contributed by atoms with van der Waals surface area (Å²) >= 11 is 0. The molecule has 2 aromatic rings. The summed E-state index contributed by atoms with van der Waals surface area (Å²) in [6.45, 7) is 0. The smallest absolute Gasteiger partial charge is 0.184 e. The zero-order valence-corrected chi connectivity index (χ0v) is 13.7. The fourth-order valence-electron chi connectivity index (χ4n) is 1.72. The van der Waals surface area contributed by atoms with Crippen molar-refractivity contribution in [2.24, 2.45) is 0 Å². The molecule has 2 aromatic carbocycles. The van der Waals surface area contributed by atoms with Crippen LogP contribution in [-0.2, 0) is 14.3 Å². The van der Waals surface area contributed by atoms with Gasteiger partial charge in [-0.15, -0.1) is 0 Å². The van der Waals surface area contributed by atoms with Gasteiger partial charge in [0.05, 0.1) is 14.2 Å². The fraction of sp³-hybridized carbons (Fsp3) is 0.100. The standard InChI is InChI=1S/2C10H10O2/c1-12-10-6-4-9(5-7-10)3-2-8-11;1-12-10(8-11)7-9-5-3-2-4-6-9/h2*2-8H,1H3/b3-2+;. The second kappa shape index (κ2) is 11.4. The van der Waals surface area contributed by atoms with E-state index < -0.39 is 0 Å². The number of hydrogen-bond acceptors (Lipinski definition) is 4. The fourth-order valence-corrected chi connectivity index (χ4v) is 1.72. The molecule has 0 spiro atoms. The van der Waals surface area contributed by atoms with E-state index in [4.69, 9.17) is 9.47 Å². The van der Waals surface area contributed by atoms with Crippen LogP contribution in [0.4, 0.5) is 0 Å². The molecule has 2 rings (SSSR count). The maximum atomic E-state index is 10.3. The molecule has 4 heteroatoms. The third-order valence-electron chi connectivity index (χ3n) is 2.94. The van der Waals surface area contributed by atoms with Gasteiger partial charge in [0.25, 0.3) is 0 Å². The number of ether oxygens (including phenoxy) is 2. The van der Waals surface area contributed by atoms with Crippen molar-refractivity contribution in [3.05, 3.63) is 77.6 Å². The second-order valence-corrected chi connectivity index (χ2v) is 4.55. The van der Waals surface area contributed by atoms with Gasteiger partial charge in [0.15, 0.2) is 12.0 Å². The molecule has 24 heavy (non-hydrogen) atoms. The predicted octanol–water partition coefficient (Wildman–Crippen LogP) is 3.78. The first-order chi connectivity index (χ1) is 11.7. The van der Waals surface area contributed by atoms with E-state index in [1.807, 2.05) is 54.6 Å². The molecule has 0 atom stereocenters. The lowest BCUT2D eigenvalue weighted by Gasteiger charge is -1.98. The van der Waals surface area contributed by atoms with Crippen molar-refractivity contribution < 1.29 is 19.1 Å². The van der Waals surface area contributed by atoms with Gasteiger partial charge < -0.3 is 9.47 Å². The number of rotatable bonds is 6. The molecule has 0 N–H and O–H groups in total. The molecule has 4 nitrogen and oxygen atoms in total. The van der Waals surface area contributed by atoms with E-state index in [-0.39, 0.29) is 0 Å². The van der Waals surface area contributed by atoms with Crippen molar-refractivity contribution in [1.82, 2.24) is 0 Å². The van der Waals surface area contributed by atoms with Gasteiger partial charge in [-0.25, -0.2) is 0 Å². The molecule has 0 unspecified atom stereocenters. The quantitative estimate of drug-likeness (QED) is 0.461. The van der Waals surface area contributed by atoms with Gasteiger partial charge >= 0.3 is 0 Å². The number of carbonyl (C=O) groups excluding carboxylic acids is 2. The van der Waals surface area contributed by atoms with Crippen LogP contribution in [0, 0.1) is 0 Å². The van der Waals surface area contributed by atoms with Crippen LogP contribution in [-0.4, -0.2) is 26.8 Å². The largest absolute Gasteiger partial charge is 0.497 e. The van der Waals surface area contributed by atoms with Crippen LogP contribution >= 0.6 is 0 Å². The molecular weight excluding hydrogens is 304 g/mol. The maximum absolute atomic E-state index is 10.3. The van der Waals surface area contributed by atoms with Crippen LogP contribution in [0.5, 0.6) is 5.75 Å². The van der Waals surface area contributed by atoms with Crippen LogP contribution < -0.4 is 4.74 Å². The summed E-state index contributed by atoms with van der Waals surface area (Å²) in [6.07, 6.45) is 6.33. The minimum atomic E-state index is 0.334. The Morgan fingerprint density at radius 1 is 0.875 bits per heavy atom. The summed E-state index contributed by atoms with van der Waals surface area (Å²) in [5.41, 5.74) is 1.95. The molecule has 0 amide bonds. The number of aldehydes is 2. The highest BCUT2D eigenvalue weighted by molar-refractivity contribution is 5.78. The molecule has 0 aliphatic heterocycles. The van der Waals surface area contributed by atoms with E-state index in [9.17, 15) is 9.59 Å². The first-order valence-corrected chi connectivity index (χ1v) is 7.25. The minimum absolute atomic E-state index is 0.334. The summed E-state index contributed by atoms with van der Waals surface area (Å²) in [5.74, 6) is 1.15. The molecule has 0 saturated heterocycles. The average Bonchev–Trinajstić information content (AvgIpc) is 2.66. The van der Waals surface area contributed by atoms with E-state index >= 15 is 0 Å². The van der Waals surface area contributed by atoms with Gasteiger partial charge in [-0.1, -0.05) is 48.5 Å². The molecule has 0 aliphatic carbocycles. The Bertz CT molecular complexity index is 671. The molecule has 0 bridgehead atoms. The van der Waals surface area contributed by atoms with Gasteiger partial charge in [-0.05, 0) is 35.4 Å². The van der Waals surface area contributed by atoms with Crippen molar-refractivity contribution in [3.8, 4) is 5.75 Å². The molecule has 0 heterocycles. The third-order valence-corrected chi connectivity index (χ3v) is 2.94. The molecule has 0 fully saturated rings. The zero-order chi connectivity index (χ0) is 17.6. The topological polar surface area (TPSA) is 52.6 Å². The van der Waals surface area contributed by atoms with Crippen LogP contribution in [0.25, 0.3) is 12.2 Å². The minimum Gasteiger partial charge on any atom is -0.497 e. The first kappa shape index (κ1) is 18.9. The Balaban J connectivity index is 0.000000240. The number of methoxy groups -OCH3 is 2. The van der Waals surface area contributed by atoms with Gasteiger partial charge in [0.2, 0.25) is 0 Å². The first-order valence-electron chi connectivity index (χ1n) is 7.25. The highest BCUT2D eigenvalue weighted by atomic mass is 16.5. The van der Waals surface area contributed by atoms with Crippen molar-refractivity contribution >= 4 is 24.7 Å². The Kier molecular flexibility index (Phi) is 9.01.